The van der Waals surface area contributed by atoms with Crippen LogP contribution in [0.5, 0.6) is 0 Å². The fourth-order valence-electron chi connectivity index (χ4n) is 2.37. The number of hydrogen-bond acceptors (Lipinski definition) is 3. The van der Waals surface area contributed by atoms with Gasteiger partial charge in [0.05, 0.1) is 0 Å². The Kier molecular flexibility index (Phi) is 5.92. The quantitative estimate of drug-likeness (QED) is 0.768. The number of nitrogens with one attached hydrogen (secondary N) is 1. The smallest absolute Gasteiger partial charge is 0.322 e. The van der Waals surface area contributed by atoms with Crippen LogP contribution in [0.3, 0.4) is 0 Å². The molecule has 0 spiro atoms. The summed E-state index contributed by atoms with van der Waals surface area (Å²) < 4.78 is 0. The average Bonchev–Trinajstić information content (AvgIpc) is 2.42. The second kappa shape index (κ2) is 6.97. The lowest BCUT2D eigenvalue weighted by Crippen LogP contribution is -2.48. The van der Waals surface area contributed by atoms with Gasteiger partial charge in [-0.2, -0.15) is 0 Å². The SMILES string of the molecule is CC1CCCN(CC(NC(C)C)C(=O)O)CC1. The van der Waals surface area contributed by atoms with Crippen LogP contribution in [0, 0.1) is 5.92 Å². The molecule has 0 aliphatic carbocycles. The Labute approximate surface area is 104 Å². The minimum absolute atomic E-state index is 0.210. The van der Waals surface area contributed by atoms with Gasteiger partial charge in [-0.3, -0.25) is 4.79 Å². The van der Waals surface area contributed by atoms with Crippen molar-refractivity contribution in [2.75, 3.05) is 19.6 Å². The third-order valence-electron chi connectivity index (χ3n) is 3.38. The van der Waals surface area contributed by atoms with E-state index in [-0.39, 0.29) is 6.04 Å². The summed E-state index contributed by atoms with van der Waals surface area (Å²) in [6.45, 7) is 8.95. The molecule has 1 saturated heterocycles. The van der Waals surface area contributed by atoms with Gasteiger partial charge in [-0.25, -0.2) is 0 Å². The molecule has 1 aliphatic rings. The van der Waals surface area contributed by atoms with Gasteiger partial charge in [-0.1, -0.05) is 20.8 Å². The van der Waals surface area contributed by atoms with Crippen molar-refractivity contribution < 1.29 is 9.90 Å². The lowest BCUT2D eigenvalue weighted by atomic mass is 10.0. The van der Waals surface area contributed by atoms with E-state index >= 15 is 0 Å². The predicted molar refractivity (Wildman–Crippen MR) is 69.2 cm³/mol. The molecule has 2 N–H and O–H groups in total. The molecule has 0 bridgehead atoms. The maximum absolute atomic E-state index is 11.2. The minimum atomic E-state index is -0.740. The summed E-state index contributed by atoms with van der Waals surface area (Å²) in [6, 6.07) is -0.231. The molecule has 4 heteroatoms. The highest BCUT2D eigenvalue weighted by Crippen LogP contribution is 2.16. The molecular formula is C13H26N2O2. The third-order valence-corrected chi connectivity index (χ3v) is 3.38. The largest absolute Gasteiger partial charge is 0.480 e. The fraction of sp³-hybridized carbons (Fsp3) is 0.923. The molecule has 1 aliphatic heterocycles. The molecule has 0 aromatic heterocycles. The van der Waals surface area contributed by atoms with Crippen molar-refractivity contribution in [3.05, 3.63) is 0 Å². The molecular weight excluding hydrogens is 216 g/mol. The molecule has 17 heavy (non-hydrogen) atoms. The molecule has 100 valence electrons. The zero-order valence-electron chi connectivity index (χ0n) is 11.3. The van der Waals surface area contributed by atoms with Gasteiger partial charge in [0.25, 0.3) is 0 Å². The second-order valence-electron chi connectivity index (χ2n) is 5.55. The number of nitrogens with zero attached hydrogens (tertiary/aromatic N) is 1. The van der Waals surface area contributed by atoms with Crippen LogP contribution >= 0.6 is 0 Å². The number of carboxylic acids is 1. The summed E-state index contributed by atoms with van der Waals surface area (Å²) >= 11 is 0. The Morgan fingerprint density at radius 1 is 1.41 bits per heavy atom. The summed E-state index contributed by atoms with van der Waals surface area (Å²) in [5.74, 6) is 0.0392. The van der Waals surface area contributed by atoms with Crippen LogP contribution in [-0.4, -0.2) is 47.7 Å². The van der Waals surface area contributed by atoms with Crippen molar-refractivity contribution in [1.29, 1.82) is 0 Å². The fourth-order valence-corrected chi connectivity index (χ4v) is 2.37. The standard InChI is InChI=1S/C13H26N2O2/c1-10(2)14-12(13(16)17)9-15-7-4-5-11(3)6-8-15/h10-12,14H,4-9H2,1-3H3,(H,16,17). The van der Waals surface area contributed by atoms with Crippen LogP contribution < -0.4 is 5.32 Å². The van der Waals surface area contributed by atoms with Gasteiger partial charge in [-0.15, -0.1) is 0 Å². The van der Waals surface area contributed by atoms with E-state index in [4.69, 9.17) is 0 Å². The van der Waals surface area contributed by atoms with Gasteiger partial charge in [0.15, 0.2) is 0 Å². The zero-order chi connectivity index (χ0) is 12.8. The lowest BCUT2D eigenvalue weighted by Gasteiger charge is -2.25. The third kappa shape index (κ3) is 5.50. The zero-order valence-corrected chi connectivity index (χ0v) is 11.3. The monoisotopic (exact) mass is 242 g/mol. The Hall–Kier alpha value is -0.610. The first-order valence-corrected chi connectivity index (χ1v) is 6.70. The Bertz CT molecular complexity index is 244. The number of hydrogen-bond donors (Lipinski definition) is 2. The van der Waals surface area contributed by atoms with Crippen molar-refractivity contribution in [3.8, 4) is 0 Å². The van der Waals surface area contributed by atoms with Gasteiger partial charge >= 0.3 is 5.97 Å². The van der Waals surface area contributed by atoms with E-state index < -0.39 is 12.0 Å². The van der Waals surface area contributed by atoms with Gasteiger partial charge < -0.3 is 15.3 Å². The number of carboxylic acid groups (broad SMARTS) is 1. The predicted octanol–water partition coefficient (Wildman–Crippen LogP) is 1.56. The number of likely N-dealkylation sites (tertiary alicyclic amines) is 1. The number of rotatable bonds is 5. The summed E-state index contributed by atoms with van der Waals surface area (Å²) in [4.78, 5) is 13.5. The van der Waals surface area contributed by atoms with Crippen LogP contribution in [0.4, 0.5) is 0 Å². The van der Waals surface area contributed by atoms with E-state index in [0.29, 0.717) is 6.54 Å². The Morgan fingerprint density at radius 3 is 2.71 bits per heavy atom. The van der Waals surface area contributed by atoms with E-state index in [9.17, 15) is 9.90 Å². The minimum Gasteiger partial charge on any atom is -0.480 e. The molecule has 2 atom stereocenters. The van der Waals surface area contributed by atoms with E-state index in [1.54, 1.807) is 0 Å². The topological polar surface area (TPSA) is 52.6 Å². The molecule has 0 aromatic carbocycles. The Balaban J connectivity index is 2.45. The van der Waals surface area contributed by atoms with Gasteiger partial charge in [0.2, 0.25) is 0 Å². The first-order valence-electron chi connectivity index (χ1n) is 6.70. The molecule has 1 heterocycles. The Morgan fingerprint density at radius 2 is 2.12 bits per heavy atom. The molecule has 0 amide bonds. The maximum atomic E-state index is 11.2. The molecule has 0 aromatic rings. The first kappa shape index (κ1) is 14.5. The molecule has 4 nitrogen and oxygen atoms in total. The highest BCUT2D eigenvalue weighted by Gasteiger charge is 2.23. The van der Waals surface area contributed by atoms with Crippen LogP contribution in [0.1, 0.15) is 40.0 Å². The van der Waals surface area contributed by atoms with Gasteiger partial charge in [0.1, 0.15) is 6.04 Å². The molecule has 1 fully saturated rings. The molecule has 1 rings (SSSR count). The van der Waals surface area contributed by atoms with E-state index in [0.717, 1.165) is 19.0 Å². The van der Waals surface area contributed by atoms with E-state index in [2.05, 4.69) is 17.1 Å². The highest BCUT2D eigenvalue weighted by molar-refractivity contribution is 5.73. The average molecular weight is 242 g/mol. The van der Waals surface area contributed by atoms with E-state index in [1.807, 2.05) is 13.8 Å². The van der Waals surface area contributed by atoms with Crippen molar-refractivity contribution >= 4 is 5.97 Å². The van der Waals surface area contributed by atoms with Crippen molar-refractivity contribution in [2.45, 2.75) is 52.1 Å². The molecule has 0 radical (unpaired) electrons. The summed E-state index contributed by atoms with van der Waals surface area (Å²) in [7, 11) is 0. The van der Waals surface area contributed by atoms with Crippen LogP contribution in [0.25, 0.3) is 0 Å². The molecule has 0 saturated carbocycles. The van der Waals surface area contributed by atoms with Crippen LogP contribution in [0.2, 0.25) is 0 Å². The maximum Gasteiger partial charge on any atom is 0.322 e. The van der Waals surface area contributed by atoms with Gasteiger partial charge in [-0.05, 0) is 38.3 Å². The van der Waals surface area contributed by atoms with E-state index in [1.165, 1.54) is 19.3 Å². The first-order chi connectivity index (χ1) is 7.99. The van der Waals surface area contributed by atoms with Crippen molar-refractivity contribution in [2.24, 2.45) is 5.92 Å². The summed E-state index contributed by atoms with van der Waals surface area (Å²) in [6.07, 6.45) is 3.65. The number of carbonyl (C=O) groups is 1. The normalized spacial score (nSPS) is 24.6. The van der Waals surface area contributed by atoms with Crippen LogP contribution in [0.15, 0.2) is 0 Å². The second-order valence-corrected chi connectivity index (χ2v) is 5.55. The number of aliphatic carboxylic acids is 1. The summed E-state index contributed by atoms with van der Waals surface area (Å²) in [5, 5.41) is 12.3. The lowest BCUT2D eigenvalue weighted by molar-refractivity contribution is -0.140. The van der Waals surface area contributed by atoms with Crippen molar-refractivity contribution in [3.63, 3.8) is 0 Å². The van der Waals surface area contributed by atoms with Crippen LogP contribution in [-0.2, 0) is 4.79 Å². The molecule has 2 unspecified atom stereocenters. The van der Waals surface area contributed by atoms with Crippen molar-refractivity contribution in [1.82, 2.24) is 10.2 Å². The highest BCUT2D eigenvalue weighted by atomic mass is 16.4. The summed E-state index contributed by atoms with van der Waals surface area (Å²) in [5.41, 5.74) is 0. The van der Waals surface area contributed by atoms with Gasteiger partial charge in [0, 0.05) is 12.6 Å².